The first-order valence-electron chi connectivity index (χ1n) is 5.10. The number of carbonyl (C=O) groups is 1. The minimum absolute atomic E-state index is 0.275. The Hall–Kier alpha value is 0.360. The third-order valence-corrected chi connectivity index (χ3v) is 9.40. The first-order valence-corrected chi connectivity index (χ1v) is 9.59. The first-order chi connectivity index (χ1) is 7.42. The summed E-state index contributed by atoms with van der Waals surface area (Å²) in [5, 5.41) is 0.275. The zero-order valence-electron chi connectivity index (χ0n) is 10.5. The van der Waals surface area contributed by atoms with E-state index in [2.05, 4.69) is 6.92 Å². The van der Waals surface area contributed by atoms with Gasteiger partial charge in [0, 0.05) is 12.3 Å². The number of nitrogens with zero attached hydrogens (tertiary/aromatic N) is 2. The van der Waals surface area contributed by atoms with Crippen molar-refractivity contribution in [2.75, 3.05) is 26.2 Å². The Morgan fingerprint density at radius 1 is 1.44 bits per heavy atom. The van der Waals surface area contributed by atoms with E-state index in [1.54, 1.807) is 30.5 Å². The van der Waals surface area contributed by atoms with Crippen molar-refractivity contribution >= 4 is 36.2 Å². The molecule has 4 nitrogen and oxygen atoms in total. The van der Waals surface area contributed by atoms with Crippen LogP contribution in [0.1, 0.15) is 20.3 Å². The molecule has 0 fully saturated rings. The normalized spacial score (nSPS) is 16.9. The van der Waals surface area contributed by atoms with Gasteiger partial charge in [0.25, 0.3) is 6.65 Å². The predicted octanol–water partition coefficient (Wildman–Crippen LogP) is 2.97. The molecular weight excluding hydrogens is 263 g/mol. The topological polar surface area (TPSA) is 40.6 Å². The Morgan fingerprint density at radius 3 is 2.38 bits per heavy atom. The average molecular weight is 284 g/mol. The van der Waals surface area contributed by atoms with Gasteiger partial charge in [0.05, 0.1) is 5.88 Å². The van der Waals surface area contributed by atoms with E-state index in [1.807, 2.05) is 13.2 Å². The Kier molecular flexibility index (Phi) is 7.81. The standard InChI is InChI=1S/C9H21N2O2PS2/c1-6-9(2)16-14(13,10(3)7-12)11(4)8-15-5/h7,9H,6,8H2,1-5H3. The highest BCUT2D eigenvalue weighted by molar-refractivity contribution is 8.57. The van der Waals surface area contributed by atoms with Crippen molar-refractivity contribution in [1.82, 2.24) is 9.34 Å². The lowest BCUT2D eigenvalue weighted by molar-refractivity contribution is -0.113. The molecule has 7 heteroatoms. The van der Waals surface area contributed by atoms with Crippen molar-refractivity contribution in [3.8, 4) is 0 Å². The van der Waals surface area contributed by atoms with Crippen molar-refractivity contribution in [2.45, 2.75) is 25.5 Å². The van der Waals surface area contributed by atoms with Crippen LogP contribution in [0.2, 0.25) is 0 Å². The maximum atomic E-state index is 12.8. The van der Waals surface area contributed by atoms with Gasteiger partial charge >= 0.3 is 0 Å². The number of amides is 1. The molecule has 0 saturated heterocycles. The summed E-state index contributed by atoms with van der Waals surface area (Å²) in [6.45, 7) is 1.29. The summed E-state index contributed by atoms with van der Waals surface area (Å²) < 4.78 is 15.8. The van der Waals surface area contributed by atoms with Gasteiger partial charge in [0.1, 0.15) is 0 Å². The van der Waals surface area contributed by atoms with Crippen molar-refractivity contribution < 1.29 is 9.36 Å². The van der Waals surface area contributed by atoms with Crippen molar-refractivity contribution in [3.05, 3.63) is 0 Å². The molecule has 0 rings (SSSR count). The summed E-state index contributed by atoms with van der Waals surface area (Å²) in [5.74, 6) is 0.652. The van der Waals surface area contributed by atoms with Crippen LogP contribution >= 0.6 is 29.8 Å². The lowest BCUT2D eigenvalue weighted by Crippen LogP contribution is -2.25. The molecule has 0 radical (unpaired) electrons. The van der Waals surface area contributed by atoms with E-state index in [1.165, 1.54) is 16.1 Å². The lowest BCUT2D eigenvalue weighted by atomic mass is 10.4. The van der Waals surface area contributed by atoms with Crippen LogP contribution in [0.4, 0.5) is 0 Å². The van der Waals surface area contributed by atoms with Crippen molar-refractivity contribution in [1.29, 1.82) is 0 Å². The third-order valence-electron chi connectivity index (χ3n) is 2.19. The molecule has 0 heterocycles. The molecule has 2 unspecified atom stereocenters. The fraction of sp³-hybridized carbons (Fsp3) is 0.889. The Balaban J connectivity index is 4.87. The quantitative estimate of drug-likeness (QED) is 0.389. The van der Waals surface area contributed by atoms with Gasteiger partial charge < -0.3 is 0 Å². The molecular formula is C9H21N2O2PS2. The van der Waals surface area contributed by atoms with Gasteiger partial charge in [-0.05, 0) is 19.7 Å². The number of rotatable bonds is 8. The Bertz CT molecular complexity index is 266. The van der Waals surface area contributed by atoms with Crippen LogP contribution in [-0.2, 0) is 9.36 Å². The average Bonchev–Trinajstić information content (AvgIpc) is 2.27. The Labute approximate surface area is 107 Å². The molecule has 0 saturated carbocycles. The van der Waals surface area contributed by atoms with Gasteiger partial charge in [-0.15, -0.1) is 11.8 Å². The van der Waals surface area contributed by atoms with E-state index in [0.29, 0.717) is 12.3 Å². The van der Waals surface area contributed by atoms with Gasteiger partial charge in [0.15, 0.2) is 0 Å². The minimum atomic E-state index is -2.80. The van der Waals surface area contributed by atoms with Crippen molar-refractivity contribution in [2.24, 2.45) is 0 Å². The van der Waals surface area contributed by atoms with Crippen molar-refractivity contribution in [3.63, 3.8) is 0 Å². The number of hydrogen-bond donors (Lipinski definition) is 0. The summed E-state index contributed by atoms with van der Waals surface area (Å²) in [4.78, 5) is 10.8. The Morgan fingerprint density at radius 2 is 2.00 bits per heavy atom. The van der Waals surface area contributed by atoms with Crippen LogP contribution in [0.5, 0.6) is 0 Å². The fourth-order valence-corrected chi connectivity index (χ4v) is 7.18. The largest absolute Gasteiger partial charge is 0.297 e. The molecule has 0 aliphatic heterocycles. The summed E-state index contributed by atoms with van der Waals surface area (Å²) >= 11 is 2.99. The number of carbonyl (C=O) groups excluding carboxylic acids is 1. The van der Waals surface area contributed by atoms with Gasteiger partial charge in [-0.3, -0.25) is 14.0 Å². The van der Waals surface area contributed by atoms with E-state index in [9.17, 15) is 9.36 Å². The van der Waals surface area contributed by atoms with Gasteiger partial charge in [-0.25, -0.2) is 4.67 Å². The zero-order chi connectivity index (χ0) is 12.8. The van der Waals surface area contributed by atoms with E-state index in [0.717, 1.165) is 6.42 Å². The summed E-state index contributed by atoms with van der Waals surface area (Å²) in [5.41, 5.74) is 0. The summed E-state index contributed by atoms with van der Waals surface area (Å²) in [6.07, 6.45) is 3.54. The number of hydrogen-bond acceptors (Lipinski definition) is 4. The monoisotopic (exact) mass is 284 g/mol. The van der Waals surface area contributed by atoms with Crippen LogP contribution in [-0.4, -0.2) is 47.2 Å². The molecule has 0 aromatic carbocycles. The number of thioether (sulfide) groups is 1. The predicted molar refractivity (Wildman–Crippen MR) is 74.9 cm³/mol. The molecule has 1 amide bonds. The van der Waals surface area contributed by atoms with Crippen LogP contribution in [0.3, 0.4) is 0 Å². The molecule has 0 aromatic heterocycles. The minimum Gasteiger partial charge on any atom is -0.279 e. The third kappa shape index (κ3) is 4.32. The highest BCUT2D eigenvalue weighted by Crippen LogP contribution is 2.64. The van der Waals surface area contributed by atoms with Crippen LogP contribution in [0, 0.1) is 0 Å². The highest BCUT2D eigenvalue weighted by Gasteiger charge is 2.34. The van der Waals surface area contributed by atoms with Crippen LogP contribution in [0.25, 0.3) is 0 Å². The van der Waals surface area contributed by atoms with E-state index in [4.69, 9.17) is 0 Å². The van der Waals surface area contributed by atoms with E-state index >= 15 is 0 Å². The maximum absolute atomic E-state index is 12.8. The summed E-state index contributed by atoms with van der Waals surface area (Å²) in [7, 11) is 3.38. The first kappa shape index (κ1) is 16.4. The van der Waals surface area contributed by atoms with Gasteiger partial charge in [0.2, 0.25) is 6.41 Å². The molecule has 0 aliphatic carbocycles. The molecule has 0 bridgehead atoms. The second-order valence-corrected chi connectivity index (χ2v) is 9.77. The zero-order valence-corrected chi connectivity index (χ0v) is 13.1. The second kappa shape index (κ2) is 7.64. The van der Waals surface area contributed by atoms with Crippen LogP contribution in [0.15, 0.2) is 0 Å². The molecule has 0 aromatic rings. The SMILES string of the molecule is CCC(C)SP(=O)(N(C)C=O)N(C)CSC. The second-order valence-electron chi connectivity index (χ2n) is 3.57. The fourth-order valence-electron chi connectivity index (χ4n) is 1.02. The van der Waals surface area contributed by atoms with Crippen LogP contribution < -0.4 is 0 Å². The van der Waals surface area contributed by atoms with E-state index in [-0.39, 0.29) is 5.25 Å². The molecule has 2 atom stereocenters. The molecule has 96 valence electrons. The molecule has 16 heavy (non-hydrogen) atoms. The smallest absolute Gasteiger partial charge is 0.279 e. The van der Waals surface area contributed by atoms with Gasteiger partial charge in [-0.1, -0.05) is 25.2 Å². The molecule has 0 spiro atoms. The summed E-state index contributed by atoms with van der Waals surface area (Å²) in [6, 6.07) is 0. The molecule has 0 N–H and O–H groups in total. The maximum Gasteiger partial charge on any atom is 0.297 e. The molecule has 0 aliphatic rings. The lowest BCUT2D eigenvalue weighted by Gasteiger charge is -2.33. The highest BCUT2D eigenvalue weighted by atomic mass is 32.7. The van der Waals surface area contributed by atoms with Gasteiger partial charge in [-0.2, -0.15) is 0 Å². The van der Waals surface area contributed by atoms with E-state index < -0.39 is 6.65 Å².